The van der Waals surface area contributed by atoms with Crippen LogP contribution in [-0.2, 0) is 28.0 Å². The van der Waals surface area contributed by atoms with Crippen molar-refractivity contribution in [3.05, 3.63) is 89.2 Å². The minimum absolute atomic E-state index is 0.106. The molecule has 0 saturated heterocycles. The van der Waals surface area contributed by atoms with Crippen molar-refractivity contribution in [2.45, 2.75) is 11.8 Å². The van der Waals surface area contributed by atoms with E-state index in [1.807, 2.05) is 30.3 Å². The highest BCUT2D eigenvalue weighted by atomic mass is 32.2. The number of hydrogen-bond acceptors (Lipinski definition) is 8. The Morgan fingerprint density at radius 3 is 2.35 bits per heavy atom. The first-order valence-corrected chi connectivity index (χ1v) is 11.0. The van der Waals surface area contributed by atoms with Crippen LogP contribution < -0.4 is 14.8 Å². The lowest BCUT2D eigenvalue weighted by molar-refractivity contribution is -0.124. The van der Waals surface area contributed by atoms with Crippen LogP contribution in [0.25, 0.3) is 0 Å². The molecule has 172 valence electrons. The van der Waals surface area contributed by atoms with Crippen LogP contribution in [0.2, 0.25) is 0 Å². The third kappa shape index (κ3) is 5.99. The quantitative estimate of drug-likeness (QED) is 0.469. The summed E-state index contributed by atoms with van der Waals surface area (Å²) in [6.45, 7) is 0.117. The van der Waals surface area contributed by atoms with Crippen LogP contribution >= 0.6 is 11.8 Å². The number of allylic oxidation sites excluding steroid dienone is 3. The van der Waals surface area contributed by atoms with E-state index in [-0.39, 0.29) is 17.2 Å². The molecular weight excluding hydrogens is 456 g/mol. The highest BCUT2D eigenvalue weighted by Gasteiger charge is 2.23. The Bertz CT molecular complexity index is 1270. The summed E-state index contributed by atoms with van der Waals surface area (Å²) in [6, 6.07) is 16.6. The van der Waals surface area contributed by atoms with Gasteiger partial charge in [0.25, 0.3) is 5.91 Å². The maximum absolute atomic E-state index is 12.4. The average Bonchev–Trinajstić information content (AvgIpc) is 3.25. The Kier molecular flexibility index (Phi) is 7.19. The first-order valence-electron chi connectivity index (χ1n) is 10.2. The molecule has 1 aliphatic carbocycles. The molecule has 34 heavy (non-hydrogen) atoms. The monoisotopic (exact) mass is 476 g/mol. The summed E-state index contributed by atoms with van der Waals surface area (Å²) in [4.78, 5) is 37.1. The van der Waals surface area contributed by atoms with Gasteiger partial charge in [-0.1, -0.05) is 30.3 Å². The lowest BCUT2D eigenvalue weighted by Crippen LogP contribution is -2.33. The predicted octanol–water partition coefficient (Wildman–Crippen LogP) is 2.60. The van der Waals surface area contributed by atoms with Gasteiger partial charge in [-0.3, -0.25) is 14.4 Å². The molecule has 0 spiro atoms. The second kappa shape index (κ2) is 10.6. The van der Waals surface area contributed by atoms with Crippen molar-refractivity contribution in [1.29, 1.82) is 0 Å². The van der Waals surface area contributed by atoms with Crippen LogP contribution in [0.15, 0.2) is 88.8 Å². The van der Waals surface area contributed by atoms with Crippen molar-refractivity contribution in [2.24, 2.45) is 7.05 Å². The summed E-state index contributed by atoms with van der Waals surface area (Å²) < 4.78 is 12.8. The molecule has 0 aliphatic heterocycles. The molecule has 0 saturated carbocycles. The van der Waals surface area contributed by atoms with E-state index < -0.39 is 17.5 Å². The molecule has 0 radical (unpaired) electrons. The summed E-state index contributed by atoms with van der Waals surface area (Å²) in [6.07, 6.45) is 3.76. The van der Waals surface area contributed by atoms with Crippen molar-refractivity contribution in [3.63, 3.8) is 0 Å². The molecule has 0 fully saturated rings. The number of thioether (sulfide) groups is 1. The summed E-state index contributed by atoms with van der Waals surface area (Å²) in [5.74, 6) is -0.328. The van der Waals surface area contributed by atoms with Crippen LogP contribution in [0.3, 0.4) is 0 Å². The fourth-order valence-corrected chi connectivity index (χ4v) is 3.69. The fourth-order valence-electron chi connectivity index (χ4n) is 2.89. The van der Waals surface area contributed by atoms with Crippen molar-refractivity contribution in [1.82, 2.24) is 20.1 Å². The molecule has 1 aliphatic rings. The molecule has 2 aromatic carbocycles. The van der Waals surface area contributed by atoms with E-state index in [9.17, 15) is 14.4 Å². The van der Waals surface area contributed by atoms with E-state index in [1.165, 1.54) is 12.4 Å². The van der Waals surface area contributed by atoms with E-state index in [4.69, 9.17) is 9.47 Å². The molecule has 1 amide bonds. The number of benzene rings is 2. The molecule has 3 aromatic rings. The van der Waals surface area contributed by atoms with Gasteiger partial charge in [0.15, 0.2) is 17.5 Å². The van der Waals surface area contributed by atoms with E-state index in [0.29, 0.717) is 23.3 Å². The lowest BCUT2D eigenvalue weighted by atomic mass is 10.1. The van der Waals surface area contributed by atoms with E-state index in [0.717, 1.165) is 23.4 Å². The molecular formula is C24H20N4O5S. The van der Waals surface area contributed by atoms with Crippen LogP contribution in [0, 0.1) is 0 Å². The number of nitrogens with one attached hydrogen (secondary N) is 1. The molecule has 9 nitrogen and oxygen atoms in total. The van der Waals surface area contributed by atoms with Gasteiger partial charge >= 0.3 is 0 Å². The van der Waals surface area contributed by atoms with Gasteiger partial charge in [-0.25, -0.2) is 0 Å². The Balaban J connectivity index is 1.25. The van der Waals surface area contributed by atoms with Gasteiger partial charge in [0.1, 0.15) is 24.4 Å². The Morgan fingerprint density at radius 2 is 1.68 bits per heavy atom. The second-order valence-electron chi connectivity index (χ2n) is 7.20. The zero-order valence-electron chi connectivity index (χ0n) is 18.1. The normalized spacial score (nSPS) is 13.2. The fraction of sp³-hybridized carbons (Fsp3) is 0.125. The van der Waals surface area contributed by atoms with Crippen molar-refractivity contribution < 1.29 is 23.9 Å². The summed E-state index contributed by atoms with van der Waals surface area (Å²) >= 11 is 1.03. The molecule has 0 bridgehead atoms. The van der Waals surface area contributed by atoms with Gasteiger partial charge in [-0.05, 0) is 41.6 Å². The first kappa shape index (κ1) is 23.0. The average molecular weight is 477 g/mol. The summed E-state index contributed by atoms with van der Waals surface area (Å²) in [5.41, 5.74) is 0.948. The highest BCUT2D eigenvalue weighted by molar-refractivity contribution is 8.03. The van der Waals surface area contributed by atoms with Crippen molar-refractivity contribution in [3.8, 4) is 11.5 Å². The number of hydrogen-bond donors (Lipinski definition) is 1. The Labute approximate surface area is 199 Å². The van der Waals surface area contributed by atoms with Crippen LogP contribution in [0.5, 0.6) is 11.5 Å². The molecule has 0 atom stereocenters. The van der Waals surface area contributed by atoms with Gasteiger partial charge in [0, 0.05) is 19.2 Å². The van der Waals surface area contributed by atoms with Crippen LogP contribution in [0.4, 0.5) is 0 Å². The molecule has 10 heteroatoms. The zero-order chi connectivity index (χ0) is 23.9. The summed E-state index contributed by atoms with van der Waals surface area (Å²) in [7, 11) is 1.73. The number of rotatable bonds is 9. The lowest BCUT2D eigenvalue weighted by Gasteiger charge is -2.13. The predicted molar refractivity (Wildman–Crippen MR) is 124 cm³/mol. The van der Waals surface area contributed by atoms with Gasteiger partial charge in [-0.15, -0.1) is 10.2 Å². The molecule has 4 rings (SSSR count). The maximum Gasteiger partial charge on any atom is 0.262 e. The smallest absolute Gasteiger partial charge is 0.262 e. The van der Waals surface area contributed by atoms with E-state index in [1.54, 1.807) is 35.9 Å². The number of aromatic nitrogens is 3. The van der Waals surface area contributed by atoms with Crippen LogP contribution in [0.1, 0.15) is 5.56 Å². The number of ether oxygens (including phenoxy) is 2. The maximum atomic E-state index is 12.4. The molecule has 1 N–H and O–H groups in total. The van der Waals surface area contributed by atoms with Gasteiger partial charge < -0.3 is 19.4 Å². The van der Waals surface area contributed by atoms with Gasteiger partial charge in [0.05, 0.1) is 10.6 Å². The summed E-state index contributed by atoms with van der Waals surface area (Å²) in [5, 5.41) is 10.5. The highest BCUT2D eigenvalue weighted by Crippen LogP contribution is 2.27. The number of aryl methyl sites for hydroxylation is 1. The number of nitrogens with zero attached hydrogens (tertiary/aromatic N) is 3. The first-order chi connectivity index (χ1) is 16.5. The molecule has 1 aromatic heterocycles. The Morgan fingerprint density at radius 1 is 0.971 bits per heavy atom. The standard InChI is InChI=1S/C24H20N4O5S/c1-28-15-25-27-24(28)34-22-12-20(29)19(11-21(22)30)26-23(31)14-33-18-9-7-17(8-10-18)32-13-16-5-3-2-4-6-16/h2-12,15H,13-14H2,1H3,(H,26,31). The minimum atomic E-state index is -0.561. The van der Waals surface area contributed by atoms with Crippen molar-refractivity contribution >= 4 is 29.2 Å². The van der Waals surface area contributed by atoms with E-state index in [2.05, 4.69) is 15.5 Å². The molecule has 1 heterocycles. The largest absolute Gasteiger partial charge is 0.489 e. The van der Waals surface area contributed by atoms with E-state index >= 15 is 0 Å². The number of ketones is 2. The number of carbonyl (C=O) groups is 3. The number of amides is 1. The zero-order valence-corrected chi connectivity index (χ0v) is 19.0. The SMILES string of the molecule is Cn1cnnc1SC1=CC(=O)C(NC(=O)COc2ccc(OCc3ccccc3)cc2)=CC1=O. The van der Waals surface area contributed by atoms with Crippen molar-refractivity contribution in [2.75, 3.05) is 6.61 Å². The Hall–Kier alpha value is -4.18. The molecule has 0 unspecified atom stereocenters. The van der Waals surface area contributed by atoms with Gasteiger partial charge in [0.2, 0.25) is 5.78 Å². The number of carbonyl (C=O) groups excluding carboxylic acids is 3. The third-order valence-corrected chi connectivity index (χ3v) is 5.72. The topological polar surface area (TPSA) is 112 Å². The third-order valence-electron chi connectivity index (χ3n) is 4.63. The van der Waals surface area contributed by atoms with Gasteiger partial charge in [-0.2, -0.15) is 0 Å². The van der Waals surface area contributed by atoms with Crippen LogP contribution in [-0.4, -0.2) is 38.8 Å². The second-order valence-corrected chi connectivity index (χ2v) is 8.21. The minimum Gasteiger partial charge on any atom is -0.489 e.